The first-order chi connectivity index (χ1) is 10.4. The highest BCUT2D eigenvalue weighted by Crippen LogP contribution is 2.42. The highest BCUT2D eigenvalue weighted by molar-refractivity contribution is 6.33. The summed E-state index contributed by atoms with van der Waals surface area (Å²) >= 11 is 6.12. The minimum Gasteiger partial charge on any atom is -0.469 e. The zero-order valence-corrected chi connectivity index (χ0v) is 13.8. The third kappa shape index (κ3) is 2.78. The number of carbonyl (C=O) groups is 1. The molecule has 4 heteroatoms. The number of fused-ring (bicyclic) bond motifs is 1. The molecule has 0 spiro atoms. The second-order valence-corrected chi connectivity index (χ2v) is 7.21. The fourth-order valence-electron chi connectivity index (χ4n) is 3.28. The molecule has 1 heterocycles. The van der Waals surface area contributed by atoms with Gasteiger partial charge in [-0.3, -0.25) is 4.79 Å². The van der Waals surface area contributed by atoms with Gasteiger partial charge in [-0.1, -0.05) is 37.6 Å². The fourth-order valence-corrected chi connectivity index (χ4v) is 3.50. The average molecular weight is 318 g/mol. The third-order valence-electron chi connectivity index (χ3n) is 4.27. The van der Waals surface area contributed by atoms with Gasteiger partial charge in [0.2, 0.25) is 0 Å². The normalized spacial score (nSPS) is 19.5. The van der Waals surface area contributed by atoms with Crippen LogP contribution in [0.2, 0.25) is 5.02 Å². The summed E-state index contributed by atoms with van der Waals surface area (Å²) in [5, 5.41) is 3.60. The molecule has 1 aliphatic carbocycles. The van der Waals surface area contributed by atoms with Crippen molar-refractivity contribution < 1.29 is 9.21 Å². The molecule has 1 amide bonds. The Hall–Kier alpha value is -1.74. The minimum atomic E-state index is -0.139. The van der Waals surface area contributed by atoms with E-state index >= 15 is 0 Å². The van der Waals surface area contributed by atoms with Gasteiger partial charge >= 0.3 is 0 Å². The lowest BCUT2D eigenvalue weighted by Gasteiger charge is -2.35. The Morgan fingerprint density at radius 2 is 2.09 bits per heavy atom. The number of nitrogens with one attached hydrogen (secondary N) is 1. The molecule has 3 nitrogen and oxygen atoms in total. The van der Waals surface area contributed by atoms with Crippen LogP contribution in [0, 0.1) is 12.3 Å². The van der Waals surface area contributed by atoms with E-state index in [0.717, 1.165) is 29.7 Å². The highest BCUT2D eigenvalue weighted by atomic mass is 35.5. The summed E-state index contributed by atoms with van der Waals surface area (Å²) in [7, 11) is 0. The van der Waals surface area contributed by atoms with E-state index in [1.54, 1.807) is 18.4 Å². The summed E-state index contributed by atoms with van der Waals surface area (Å²) < 4.78 is 5.69. The van der Waals surface area contributed by atoms with Gasteiger partial charge in [-0.15, -0.1) is 0 Å². The summed E-state index contributed by atoms with van der Waals surface area (Å²) in [6.07, 6.45) is 3.56. The largest absolute Gasteiger partial charge is 0.469 e. The van der Waals surface area contributed by atoms with E-state index in [2.05, 4.69) is 19.2 Å². The van der Waals surface area contributed by atoms with E-state index < -0.39 is 0 Å². The lowest BCUT2D eigenvalue weighted by Crippen LogP contribution is -2.36. The molecule has 1 aromatic carbocycles. The van der Waals surface area contributed by atoms with Gasteiger partial charge in [0.05, 0.1) is 22.9 Å². The van der Waals surface area contributed by atoms with Crippen LogP contribution >= 0.6 is 11.6 Å². The van der Waals surface area contributed by atoms with Crippen molar-refractivity contribution in [1.82, 2.24) is 5.32 Å². The van der Waals surface area contributed by atoms with Gasteiger partial charge in [0.15, 0.2) is 0 Å². The number of hydrogen-bond acceptors (Lipinski definition) is 2. The lowest BCUT2D eigenvalue weighted by atomic mass is 9.74. The maximum Gasteiger partial charge on any atom is 0.253 e. The van der Waals surface area contributed by atoms with Crippen LogP contribution in [-0.4, -0.2) is 5.91 Å². The highest BCUT2D eigenvalue weighted by Gasteiger charge is 2.36. The van der Waals surface area contributed by atoms with E-state index in [1.165, 1.54) is 0 Å². The summed E-state index contributed by atoms with van der Waals surface area (Å²) in [5.41, 5.74) is 2.82. The van der Waals surface area contributed by atoms with Gasteiger partial charge in [-0.2, -0.15) is 0 Å². The molecule has 1 atom stereocenters. The van der Waals surface area contributed by atoms with Crippen molar-refractivity contribution in [2.75, 3.05) is 0 Å². The predicted octanol–water partition coefficient (Wildman–Crippen LogP) is 4.68. The molecule has 0 aliphatic heterocycles. The first-order valence-electron chi connectivity index (χ1n) is 7.50. The van der Waals surface area contributed by atoms with Crippen molar-refractivity contribution in [2.24, 2.45) is 5.41 Å². The van der Waals surface area contributed by atoms with Crippen LogP contribution in [0.1, 0.15) is 53.6 Å². The summed E-state index contributed by atoms with van der Waals surface area (Å²) in [6.45, 7) is 6.42. The Bertz CT molecular complexity index is 718. The summed E-state index contributed by atoms with van der Waals surface area (Å²) in [5.74, 6) is 0.845. The first kappa shape index (κ1) is 15.2. The van der Waals surface area contributed by atoms with Gasteiger partial charge in [0, 0.05) is 12.0 Å². The lowest BCUT2D eigenvalue weighted by molar-refractivity contribution is 0.0917. The first-order valence-corrected chi connectivity index (χ1v) is 7.87. The van der Waals surface area contributed by atoms with Gasteiger partial charge < -0.3 is 9.73 Å². The molecule has 0 saturated carbocycles. The molecule has 0 fully saturated rings. The van der Waals surface area contributed by atoms with Gasteiger partial charge in [-0.25, -0.2) is 0 Å². The number of aryl methyl sites for hydroxylation is 1. The Morgan fingerprint density at radius 3 is 2.82 bits per heavy atom. The van der Waals surface area contributed by atoms with Gasteiger partial charge in [0.25, 0.3) is 5.91 Å². The van der Waals surface area contributed by atoms with Crippen LogP contribution in [0.3, 0.4) is 0 Å². The molecule has 1 aromatic heterocycles. The van der Waals surface area contributed by atoms with E-state index in [9.17, 15) is 4.79 Å². The molecular weight excluding hydrogens is 298 g/mol. The zero-order valence-electron chi connectivity index (χ0n) is 13.1. The van der Waals surface area contributed by atoms with Crippen LogP contribution in [0.15, 0.2) is 34.9 Å². The van der Waals surface area contributed by atoms with Crippen molar-refractivity contribution in [1.29, 1.82) is 0 Å². The molecular formula is C18H20ClNO2. The van der Waals surface area contributed by atoms with Crippen LogP contribution < -0.4 is 5.32 Å². The average Bonchev–Trinajstić information content (AvgIpc) is 2.79. The fraction of sp³-hybridized carbons (Fsp3) is 0.389. The Labute approximate surface area is 135 Å². The molecule has 1 N–H and O–H groups in total. The van der Waals surface area contributed by atoms with Crippen molar-refractivity contribution in [3.05, 3.63) is 58.0 Å². The Morgan fingerprint density at radius 1 is 1.36 bits per heavy atom. The van der Waals surface area contributed by atoms with E-state index in [4.69, 9.17) is 16.0 Å². The Kier molecular flexibility index (Phi) is 3.77. The Balaban J connectivity index is 1.90. The SMILES string of the molecule is Cc1coc2c1C(NC(=O)c1ccccc1Cl)CC(C)(C)C2. The topological polar surface area (TPSA) is 42.2 Å². The molecule has 0 radical (unpaired) electrons. The van der Waals surface area contributed by atoms with E-state index in [-0.39, 0.29) is 17.4 Å². The van der Waals surface area contributed by atoms with Crippen LogP contribution in [0.5, 0.6) is 0 Å². The molecule has 0 bridgehead atoms. The molecule has 2 aromatic rings. The number of benzene rings is 1. The smallest absolute Gasteiger partial charge is 0.253 e. The predicted molar refractivity (Wildman–Crippen MR) is 87.2 cm³/mol. The maximum absolute atomic E-state index is 12.6. The van der Waals surface area contributed by atoms with Gasteiger partial charge in [0.1, 0.15) is 5.76 Å². The quantitative estimate of drug-likeness (QED) is 0.873. The number of furan rings is 1. The molecule has 22 heavy (non-hydrogen) atoms. The standard InChI is InChI=1S/C18H20ClNO2/c1-11-10-22-15-9-18(2,3)8-14(16(11)15)20-17(21)12-6-4-5-7-13(12)19/h4-7,10,14H,8-9H2,1-3H3,(H,20,21). The van der Waals surface area contributed by atoms with Crippen LogP contribution in [0.4, 0.5) is 0 Å². The van der Waals surface area contributed by atoms with Crippen LogP contribution in [-0.2, 0) is 6.42 Å². The number of hydrogen-bond donors (Lipinski definition) is 1. The minimum absolute atomic E-state index is 0.0405. The summed E-state index contributed by atoms with van der Waals surface area (Å²) in [4.78, 5) is 12.6. The second kappa shape index (κ2) is 5.47. The second-order valence-electron chi connectivity index (χ2n) is 6.81. The number of halogens is 1. The van der Waals surface area contributed by atoms with Crippen molar-refractivity contribution in [3.8, 4) is 0 Å². The molecule has 0 saturated heterocycles. The number of carbonyl (C=O) groups excluding carboxylic acids is 1. The number of amides is 1. The van der Waals surface area contributed by atoms with E-state index in [1.807, 2.05) is 19.1 Å². The number of rotatable bonds is 2. The zero-order chi connectivity index (χ0) is 15.9. The molecule has 1 aliphatic rings. The molecule has 3 rings (SSSR count). The molecule has 1 unspecified atom stereocenters. The van der Waals surface area contributed by atoms with Crippen molar-refractivity contribution >= 4 is 17.5 Å². The molecule has 116 valence electrons. The summed E-state index contributed by atoms with van der Waals surface area (Å²) in [6, 6.07) is 7.08. The van der Waals surface area contributed by atoms with Gasteiger partial charge in [-0.05, 0) is 36.5 Å². The third-order valence-corrected chi connectivity index (χ3v) is 4.60. The van der Waals surface area contributed by atoms with Crippen LogP contribution in [0.25, 0.3) is 0 Å². The van der Waals surface area contributed by atoms with Crippen molar-refractivity contribution in [2.45, 2.75) is 39.7 Å². The monoisotopic (exact) mass is 317 g/mol. The van der Waals surface area contributed by atoms with E-state index in [0.29, 0.717) is 10.6 Å². The maximum atomic E-state index is 12.6. The van der Waals surface area contributed by atoms with Crippen molar-refractivity contribution in [3.63, 3.8) is 0 Å².